The van der Waals surface area contributed by atoms with Gasteiger partial charge in [0.25, 0.3) is 9.05 Å². The second-order valence-corrected chi connectivity index (χ2v) is 7.94. The first-order valence-corrected chi connectivity index (χ1v) is 8.29. The van der Waals surface area contributed by atoms with E-state index < -0.39 is 31.3 Å². The zero-order valence-corrected chi connectivity index (χ0v) is 13.1. The van der Waals surface area contributed by atoms with Crippen molar-refractivity contribution < 1.29 is 22.3 Å². The Labute approximate surface area is 125 Å². The van der Waals surface area contributed by atoms with E-state index in [0.29, 0.717) is 0 Å². The predicted octanol–water partition coefficient (Wildman–Crippen LogP) is 3.19. The minimum Gasteiger partial charge on any atom is -0.456 e. The summed E-state index contributed by atoms with van der Waals surface area (Å²) in [7, 11) is 0.915. The molecule has 0 saturated carbocycles. The van der Waals surface area contributed by atoms with E-state index >= 15 is 0 Å². The third-order valence-electron chi connectivity index (χ3n) is 2.61. The number of benzene rings is 1. The molecule has 0 spiro atoms. The summed E-state index contributed by atoms with van der Waals surface area (Å²) in [6.45, 7) is 5.00. The summed E-state index contributed by atoms with van der Waals surface area (Å²) in [5.74, 6) is -1.79. The number of esters is 1. The second kappa shape index (κ2) is 4.99. The highest BCUT2D eigenvalue weighted by Gasteiger charge is 2.27. The van der Waals surface area contributed by atoms with Crippen molar-refractivity contribution >= 4 is 36.6 Å². The lowest BCUT2D eigenvalue weighted by Gasteiger charge is -2.19. The van der Waals surface area contributed by atoms with Crippen LogP contribution in [0.2, 0.25) is 0 Å². The predicted molar refractivity (Wildman–Crippen MR) is 76.5 cm³/mol. The maximum absolute atomic E-state index is 13.8. The molecule has 1 aromatic carbocycles. The SMILES string of the molecule is CC(C)(C)OC(=O)c1c[nH]c2ccc(F)c(S(=O)(=O)Cl)c12. The number of carbonyl (C=O) groups excluding carboxylic acids is 1. The van der Waals surface area contributed by atoms with Gasteiger partial charge in [-0.15, -0.1) is 0 Å². The topological polar surface area (TPSA) is 76.2 Å². The molecular formula is C13H13ClFNO4S. The number of aromatic amines is 1. The van der Waals surface area contributed by atoms with Gasteiger partial charge in [0.2, 0.25) is 0 Å². The molecule has 0 saturated heterocycles. The Morgan fingerprint density at radius 2 is 1.95 bits per heavy atom. The number of rotatable bonds is 2. The van der Waals surface area contributed by atoms with Crippen LogP contribution in [0.25, 0.3) is 10.9 Å². The molecule has 2 aromatic rings. The van der Waals surface area contributed by atoms with Crippen molar-refractivity contribution in [2.45, 2.75) is 31.3 Å². The molecule has 0 bridgehead atoms. The Hall–Kier alpha value is -1.60. The smallest absolute Gasteiger partial charge is 0.340 e. The standard InChI is InChI=1S/C13H13ClFNO4S/c1-13(2,3)20-12(17)7-6-16-9-5-4-8(15)11(10(7)9)21(14,18)19/h4-6,16H,1-3H3. The fourth-order valence-corrected chi connectivity index (χ4v) is 3.12. The van der Waals surface area contributed by atoms with Crippen LogP contribution in [0.5, 0.6) is 0 Å². The van der Waals surface area contributed by atoms with Crippen LogP contribution < -0.4 is 0 Å². The molecule has 0 amide bonds. The summed E-state index contributed by atoms with van der Waals surface area (Å²) in [6, 6.07) is 2.29. The van der Waals surface area contributed by atoms with Gasteiger partial charge in [0.05, 0.1) is 5.56 Å². The number of H-pyrrole nitrogens is 1. The molecule has 21 heavy (non-hydrogen) atoms. The van der Waals surface area contributed by atoms with E-state index in [1.54, 1.807) is 20.8 Å². The molecule has 0 aliphatic carbocycles. The third kappa shape index (κ3) is 3.19. The first-order chi connectivity index (χ1) is 9.50. The van der Waals surface area contributed by atoms with Gasteiger partial charge >= 0.3 is 5.97 Å². The summed E-state index contributed by atoms with van der Waals surface area (Å²) in [5, 5.41) is -0.112. The zero-order valence-electron chi connectivity index (χ0n) is 11.5. The normalized spacial score (nSPS) is 12.6. The highest BCUT2D eigenvalue weighted by atomic mass is 35.7. The molecule has 5 nitrogen and oxygen atoms in total. The van der Waals surface area contributed by atoms with E-state index in [4.69, 9.17) is 15.4 Å². The van der Waals surface area contributed by atoms with Gasteiger partial charge in [0.15, 0.2) is 0 Å². The van der Waals surface area contributed by atoms with Crippen LogP contribution in [0.1, 0.15) is 31.1 Å². The molecule has 2 rings (SSSR count). The lowest BCUT2D eigenvalue weighted by molar-refractivity contribution is 0.00718. The van der Waals surface area contributed by atoms with Gasteiger partial charge in [0.1, 0.15) is 16.3 Å². The van der Waals surface area contributed by atoms with Crippen LogP contribution >= 0.6 is 10.7 Å². The Balaban J connectivity index is 2.73. The zero-order chi connectivity index (χ0) is 16.0. The third-order valence-corrected chi connectivity index (χ3v) is 3.96. The molecule has 0 atom stereocenters. The maximum Gasteiger partial charge on any atom is 0.340 e. The quantitative estimate of drug-likeness (QED) is 0.676. The fourth-order valence-electron chi connectivity index (χ4n) is 1.90. The number of hydrogen-bond acceptors (Lipinski definition) is 4. The van der Waals surface area contributed by atoms with E-state index in [1.165, 1.54) is 12.3 Å². The fraction of sp³-hybridized carbons (Fsp3) is 0.308. The molecule has 1 aromatic heterocycles. The van der Waals surface area contributed by atoms with Gasteiger partial charge < -0.3 is 9.72 Å². The minimum atomic E-state index is -4.36. The minimum absolute atomic E-state index is 0.0846. The average Bonchev–Trinajstić information content (AvgIpc) is 2.67. The van der Waals surface area contributed by atoms with E-state index in [9.17, 15) is 17.6 Å². The van der Waals surface area contributed by atoms with Crippen LogP contribution in [0.15, 0.2) is 23.2 Å². The summed E-state index contributed by atoms with van der Waals surface area (Å²) in [4.78, 5) is 14.1. The molecule has 114 valence electrons. The number of ether oxygens (including phenoxy) is 1. The van der Waals surface area contributed by atoms with Gasteiger partial charge in [-0.05, 0) is 32.9 Å². The number of hydrogen-bond donors (Lipinski definition) is 1. The second-order valence-electron chi connectivity index (χ2n) is 5.44. The summed E-state index contributed by atoms with van der Waals surface area (Å²) in [6.07, 6.45) is 1.27. The van der Waals surface area contributed by atoms with E-state index in [-0.39, 0.29) is 16.5 Å². The van der Waals surface area contributed by atoms with Crippen molar-refractivity contribution in [2.75, 3.05) is 0 Å². The van der Waals surface area contributed by atoms with Crippen LogP contribution in [0.4, 0.5) is 4.39 Å². The molecular weight excluding hydrogens is 321 g/mol. The Kier molecular flexibility index (Phi) is 3.75. The van der Waals surface area contributed by atoms with Crippen molar-refractivity contribution in [1.82, 2.24) is 4.98 Å². The van der Waals surface area contributed by atoms with Crippen LogP contribution in [-0.2, 0) is 13.8 Å². The molecule has 0 fully saturated rings. The first kappa shape index (κ1) is 15.8. The monoisotopic (exact) mass is 333 g/mol. The Bertz CT molecular complexity index is 821. The maximum atomic E-state index is 13.8. The molecule has 0 aliphatic rings. The molecule has 1 N–H and O–H groups in total. The van der Waals surface area contributed by atoms with Gasteiger partial charge in [-0.1, -0.05) is 0 Å². The molecule has 1 heterocycles. The van der Waals surface area contributed by atoms with Crippen molar-refractivity contribution in [3.63, 3.8) is 0 Å². The molecule has 0 radical (unpaired) electrons. The van der Waals surface area contributed by atoms with Crippen molar-refractivity contribution in [3.8, 4) is 0 Å². The largest absolute Gasteiger partial charge is 0.456 e. The lowest BCUT2D eigenvalue weighted by Crippen LogP contribution is -2.23. The number of nitrogens with one attached hydrogen (secondary N) is 1. The van der Waals surface area contributed by atoms with Crippen LogP contribution in [0.3, 0.4) is 0 Å². The van der Waals surface area contributed by atoms with E-state index in [1.807, 2.05) is 0 Å². The highest BCUT2D eigenvalue weighted by Crippen LogP contribution is 2.32. The van der Waals surface area contributed by atoms with Gasteiger partial charge in [0, 0.05) is 27.8 Å². The molecule has 0 aliphatic heterocycles. The summed E-state index contributed by atoms with van der Waals surface area (Å²) >= 11 is 0. The Morgan fingerprint density at radius 3 is 2.48 bits per heavy atom. The van der Waals surface area contributed by atoms with Crippen molar-refractivity contribution in [3.05, 3.63) is 29.7 Å². The molecule has 0 unspecified atom stereocenters. The summed E-state index contributed by atoms with van der Waals surface area (Å²) in [5.41, 5.74) is -0.580. The number of fused-ring (bicyclic) bond motifs is 1. The summed E-state index contributed by atoms with van der Waals surface area (Å²) < 4.78 is 42.2. The number of carbonyl (C=O) groups is 1. The van der Waals surface area contributed by atoms with E-state index in [0.717, 1.165) is 6.07 Å². The van der Waals surface area contributed by atoms with Crippen LogP contribution in [0, 0.1) is 5.82 Å². The lowest BCUT2D eigenvalue weighted by atomic mass is 10.1. The van der Waals surface area contributed by atoms with Gasteiger partial charge in [-0.25, -0.2) is 17.6 Å². The Morgan fingerprint density at radius 1 is 1.33 bits per heavy atom. The molecule has 8 heteroatoms. The number of aromatic nitrogens is 1. The van der Waals surface area contributed by atoms with Crippen LogP contribution in [-0.4, -0.2) is 25.0 Å². The van der Waals surface area contributed by atoms with Crippen molar-refractivity contribution in [1.29, 1.82) is 0 Å². The van der Waals surface area contributed by atoms with Gasteiger partial charge in [-0.3, -0.25) is 0 Å². The van der Waals surface area contributed by atoms with Gasteiger partial charge in [-0.2, -0.15) is 0 Å². The highest BCUT2D eigenvalue weighted by molar-refractivity contribution is 8.14. The average molecular weight is 334 g/mol. The number of halogens is 2. The van der Waals surface area contributed by atoms with Crippen molar-refractivity contribution in [2.24, 2.45) is 0 Å². The first-order valence-electron chi connectivity index (χ1n) is 5.98. The van der Waals surface area contributed by atoms with E-state index in [2.05, 4.69) is 4.98 Å².